The summed E-state index contributed by atoms with van der Waals surface area (Å²) < 4.78 is 28.5. The third-order valence-electron chi connectivity index (χ3n) is 6.00. The number of amides is 2. The number of hydrogen-bond acceptors (Lipinski definition) is 4. The van der Waals surface area contributed by atoms with Gasteiger partial charge in [-0.15, -0.1) is 0 Å². The Morgan fingerprint density at radius 3 is 2.06 bits per heavy atom. The molecule has 3 aromatic carbocycles. The summed E-state index contributed by atoms with van der Waals surface area (Å²) in [5.41, 5.74) is 3.14. The Bertz CT molecular complexity index is 1280. The molecule has 1 unspecified atom stereocenters. The van der Waals surface area contributed by atoms with E-state index >= 15 is 0 Å². The molecule has 35 heavy (non-hydrogen) atoms. The standard InChI is InChI=1S/C27H31N3O4S/c1-20-15-16-24(17-21(20)2)30(35(33,34)25-13-9-6-10-14-25)19-26(31)29(22(3)27(32)28-4)18-23-11-7-5-8-12-23/h5-17,22H,18-19H2,1-4H3,(H,28,32). The molecule has 3 aromatic rings. The predicted octanol–water partition coefficient (Wildman–Crippen LogP) is 3.66. The van der Waals surface area contributed by atoms with Crippen molar-refractivity contribution in [1.82, 2.24) is 10.2 Å². The van der Waals surface area contributed by atoms with Gasteiger partial charge in [0.2, 0.25) is 11.8 Å². The van der Waals surface area contributed by atoms with Crippen molar-refractivity contribution in [1.29, 1.82) is 0 Å². The van der Waals surface area contributed by atoms with Crippen LogP contribution in [0.2, 0.25) is 0 Å². The van der Waals surface area contributed by atoms with E-state index in [1.807, 2.05) is 50.2 Å². The molecule has 0 aliphatic heterocycles. The predicted molar refractivity (Wildman–Crippen MR) is 137 cm³/mol. The van der Waals surface area contributed by atoms with E-state index in [9.17, 15) is 18.0 Å². The number of benzene rings is 3. The highest BCUT2D eigenvalue weighted by molar-refractivity contribution is 7.92. The monoisotopic (exact) mass is 493 g/mol. The van der Waals surface area contributed by atoms with Gasteiger partial charge in [0.05, 0.1) is 10.6 Å². The van der Waals surface area contributed by atoms with Crippen LogP contribution in [0.25, 0.3) is 0 Å². The summed E-state index contributed by atoms with van der Waals surface area (Å²) in [6.07, 6.45) is 0. The van der Waals surface area contributed by atoms with E-state index < -0.39 is 28.5 Å². The largest absolute Gasteiger partial charge is 0.357 e. The maximum absolute atomic E-state index is 13.7. The Hall–Kier alpha value is -3.65. The third-order valence-corrected chi connectivity index (χ3v) is 7.79. The summed E-state index contributed by atoms with van der Waals surface area (Å²) in [4.78, 5) is 27.6. The first kappa shape index (κ1) is 26.0. The molecule has 7 nitrogen and oxygen atoms in total. The van der Waals surface area contributed by atoms with Crippen LogP contribution in [0, 0.1) is 13.8 Å². The minimum Gasteiger partial charge on any atom is -0.357 e. The van der Waals surface area contributed by atoms with E-state index in [1.165, 1.54) is 24.1 Å². The highest BCUT2D eigenvalue weighted by Gasteiger charge is 2.32. The van der Waals surface area contributed by atoms with Crippen molar-refractivity contribution >= 4 is 27.5 Å². The van der Waals surface area contributed by atoms with Crippen molar-refractivity contribution in [2.45, 2.75) is 38.3 Å². The van der Waals surface area contributed by atoms with Gasteiger partial charge in [-0.3, -0.25) is 13.9 Å². The van der Waals surface area contributed by atoms with E-state index in [2.05, 4.69) is 5.32 Å². The van der Waals surface area contributed by atoms with Gasteiger partial charge in [0.15, 0.2) is 0 Å². The average molecular weight is 494 g/mol. The number of hydrogen-bond donors (Lipinski definition) is 1. The summed E-state index contributed by atoms with van der Waals surface area (Å²) in [5, 5.41) is 2.58. The van der Waals surface area contributed by atoms with Gasteiger partial charge in [0.25, 0.3) is 10.0 Å². The van der Waals surface area contributed by atoms with Crippen LogP contribution in [0.4, 0.5) is 5.69 Å². The second-order valence-corrected chi connectivity index (χ2v) is 10.3. The van der Waals surface area contributed by atoms with Gasteiger partial charge in [0, 0.05) is 13.6 Å². The first-order valence-electron chi connectivity index (χ1n) is 11.3. The van der Waals surface area contributed by atoms with Gasteiger partial charge in [0.1, 0.15) is 12.6 Å². The molecular weight excluding hydrogens is 462 g/mol. The van der Waals surface area contributed by atoms with Crippen molar-refractivity contribution in [3.8, 4) is 0 Å². The van der Waals surface area contributed by atoms with Crippen LogP contribution >= 0.6 is 0 Å². The molecule has 1 atom stereocenters. The van der Waals surface area contributed by atoms with Gasteiger partial charge in [-0.2, -0.15) is 0 Å². The minimum atomic E-state index is -4.05. The van der Waals surface area contributed by atoms with Gasteiger partial charge in [-0.05, 0) is 61.7 Å². The van der Waals surface area contributed by atoms with Crippen molar-refractivity contribution in [3.05, 3.63) is 95.6 Å². The molecule has 8 heteroatoms. The number of rotatable bonds is 9. The number of carbonyl (C=O) groups excluding carboxylic acids is 2. The number of carbonyl (C=O) groups is 2. The number of sulfonamides is 1. The number of nitrogens with one attached hydrogen (secondary N) is 1. The molecule has 0 saturated carbocycles. The van der Waals surface area contributed by atoms with Crippen LogP contribution in [0.15, 0.2) is 83.8 Å². The highest BCUT2D eigenvalue weighted by atomic mass is 32.2. The second kappa shape index (κ2) is 11.2. The zero-order valence-electron chi connectivity index (χ0n) is 20.4. The SMILES string of the molecule is CNC(=O)C(C)N(Cc1ccccc1)C(=O)CN(c1ccc(C)c(C)c1)S(=O)(=O)c1ccccc1. The Kier molecular flexibility index (Phi) is 8.30. The summed E-state index contributed by atoms with van der Waals surface area (Å²) in [6.45, 7) is 5.18. The molecule has 0 heterocycles. The molecule has 2 amide bonds. The molecule has 3 rings (SSSR count). The molecule has 184 valence electrons. The van der Waals surface area contributed by atoms with Crippen molar-refractivity contribution in [2.75, 3.05) is 17.9 Å². The zero-order valence-corrected chi connectivity index (χ0v) is 21.2. The van der Waals surface area contributed by atoms with Crippen molar-refractivity contribution < 1.29 is 18.0 Å². The van der Waals surface area contributed by atoms with E-state index in [4.69, 9.17) is 0 Å². The lowest BCUT2D eigenvalue weighted by atomic mass is 10.1. The van der Waals surface area contributed by atoms with Crippen LogP contribution in [0.5, 0.6) is 0 Å². The molecule has 0 fully saturated rings. The number of likely N-dealkylation sites (N-methyl/N-ethyl adjacent to an activating group) is 1. The Morgan fingerprint density at radius 1 is 0.886 bits per heavy atom. The van der Waals surface area contributed by atoms with Crippen molar-refractivity contribution in [3.63, 3.8) is 0 Å². The fourth-order valence-corrected chi connectivity index (χ4v) is 5.13. The summed E-state index contributed by atoms with van der Waals surface area (Å²) in [6, 6.07) is 21.8. The third kappa shape index (κ3) is 6.08. The Labute approximate surface area is 207 Å². The van der Waals surface area contributed by atoms with Gasteiger partial charge < -0.3 is 10.2 Å². The number of nitrogens with zero attached hydrogens (tertiary/aromatic N) is 2. The fraction of sp³-hybridized carbons (Fsp3) is 0.259. The highest BCUT2D eigenvalue weighted by Crippen LogP contribution is 2.26. The second-order valence-electron chi connectivity index (χ2n) is 8.39. The lowest BCUT2D eigenvalue weighted by molar-refractivity contribution is -0.139. The van der Waals surface area contributed by atoms with Gasteiger partial charge in [-0.1, -0.05) is 54.6 Å². The van der Waals surface area contributed by atoms with Gasteiger partial charge >= 0.3 is 0 Å². The number of aryl methyl sites for hydroxylation is 2. The van der Waals surface area contributed by atoms with Gasteiger partial charge in [-0.25, -0.2) is 8.42 Å². The minimum absolute atomic E-state index is 0.0833. The molecule has 0 radical (unpaired) electrons. The maximum Gasteiger partial charge on any atom is 0.264 e. The molecular formula is C27H31N3O4S. The normalized spacial score (nSPS) is 12.0. The van der Waals surface area contributed by atoms with Crippen LogP contribution in [0.1, 0.15) is 23.6 Å². The smallest absolute Gasteiger partial charge is 0.264 e. The van der Waals surface area contributed by atoms with Crippen molar-refractivity contribution in [2.24, 2.45) is 0 Å². The topological polar surface area (TPSA) is 86.8 Å². The van der Waals surface area contributed by atoms with E-state index in [-0.39, 0.29) is 17.3 Å². The Morgan fingerprint density at radius 2 is 1.49 bits per heavy atom. The lowest BCUT2D eigenvalue weighted by Gasteiger charge is -2.32. The molecule has 0 aromatic heterocycles. The van der Waals surface area contributed by atoms with E-state index in [0.29, 0.717) is 5.69 Å². The summed E-state index contributed by atoms with van der Waals surface area (Å²) in [7, 11) is -2.55. The molecule has 0 aliphatic carbocycles. The lowest BCUT2D eigenvalue weighted by Crippen LogP contribution is -2.50. The first-order valence-corrected chi connectivity index (χ1v) is 12.8. The Balaban J connectivity index is 2.04. The van der Waals surface area contributed by atoms with Crippen LogP contribution in [0.3, 0.4) is 0 Å². The number of anilines is 1. The van der Waals surface area contributed by atoms with Crippen LogP contribution in [-0.2, 0) is 26.2 Å². The first-order chi connectivity index (χ1) is 16.6. The molecule has 0 aliphatic rings. The molecule has 0 bridgehead atoms. The van der Waals surface area contributed by atoms with Crippen LogP contribution < -0.4 is 9.62 Å². The molecule has 1 N–H and O–H groups in total. The molecule has 0 spiro atoms. The molecule has 0 saturated heterocycles. The fourth-order valence-electron chi connectivity index (χ4n) is 3.70. The van der Waals surface area contributed by atoms with Crippen LogP contribution in [-0.4, -0.2) is 44.8 Å². The maximum atomic E-state index is 13.7. The van der Waals surface area contributed by atoms with E-state index in [0.717, 1.165) is 21.0 Å². The zero-order chi connectivity index (χ0) is 25.6. The quantitative estimate of drug-likeness (QED) is 0.493. The summed E-state index contributed by atoms with van der Waals surface area (Å²) >= 11 is 0. The van der Waals surface area contributed by atoms with E-state index in [1.54, 1.807) is 37.3 Å². The summed E-state index contributed by atoms with van der Waals surface area (Å²) in [5.74, 6) is -0.819. The average Bonchev–Trinajstić information content (AvgIpc) is 2.87.